The summed E-state index contributed by atoms with van der Waals surface area (Å²) in [5.74, 6) is 0. The molecular weight excluding hydrogens is 499 g/mol. The molecule has 0 unspecified atom stereocenters. The summed E-state index contributed by atoms with van der Waals surface area (Å²) in [6.07, 6.45) is 4.79. The maximum atomic E-state index is 7.71. The summed E-state index contributed by atoms with van der Waals surface area (Å²) < 4.78 is 0. The molecule has 5 rings (SSSR count). The molecule has 2 heterocycles. The van der Waals surface area contributed by atoms with Crippen LogP contribution in [0.1, 0.15) is 25.8 Å². The summed E-state index contributed by atoms with van der Waals surface area (Å²) in [4.78, 5) is 8.37. The molecule has 5 heteroatoms. The van der Waals surface area contributed by atoms with Crippen LogP contribution >= 0.6 is 0 Å². The van der Waals surface area contributed by atoms with E-state index in [1.54, 1.807) is 12.4 Å². The first-order valence-corrected chi connectivity index (χ1v) is 10.6. The Morgan fingerprint density at radius 3 is 1.39 bits per heavy atom. The number of hydrogen-bond acceptors (Lipinski definition) is 2. The van der Waals surface area contributed by atoms with Gasteiger partial charge < -0.3 is 11.9 Å². The van der Waals surface area contributed by atoms with Crippen molar-refractivity contribution >= 4 is 21.5 Å². The maximum Gasteiger partial charge on any atom is 2.00 e. The molecule has 2 aromatic heterocycles. The number of rotatable bonds is 2. The number of aromatic nitrogens is 2. The van der Waals surface area contributed by atoms with Gasteiger partial charge in [0.25, 0.3) is 0 Å². The van der Waals surface area contributed by atoms with Gasteiger partial charge in [-0.1, -0.05) is 86.5 Å². The second-order valence-electron chi connectivity index (χ2n) is 7.11. The van der Waals surface area contributed by atoms with Crippen molar-refractivity contribution in [3.8, 4) is 11.4 Å². The first-order chi connectivity index (χ1) is 15.3. The molecule has 0 aliphatic heterocycles. The molecule has 3 aromatic carbocycles. The number of hydrogen-bond donors (Lipinski definition) is 0. The summed E-state index contributed by atoms with van der Waals surface area (Å²) in [6, 6.07) is 30.4. The number of nitrogens with one attached hydrogen (secondary N) is 1. The zero-order valence-electron chi connectivity index (χ0n) is 19.0. The summed E-state index contributed by atoms with van der Waals surface area (Å²) in [7, 11) is 0. The van der Waals surface area contributed by atoms with Crippen molar-refractivity contribution in [2.24, 2.45) is 0 Å². The number of benzene rings is 3. The van der Waals surface area contributed by atoms with Crippen LogP contribution in [0.25, 0.3) is 44.8 Å². The molecule has 0 aliphatic rings. The second kappa shape index (κ2) is 15.0. The van der Waals surface area contributed by atoms with Crippen LogP contribution in [-0.4, -0.2) is 9.97 Å². The summed E-state index contributed by atoms with van der Waals surface area (Å²) in [5.41, 5.74) is 10.7. The first kappa shape index (κ1) is 28.1. The Morgan fingerprint density at radius 2 is 1.03 bits per heavy atom. The van der Waals surface area contributed by atoms with Gasteiger partial charge in [-0.05, 0) is 51.9 Å². The van der Waals surface area contributed by atoms with Crippen molar-refractivity contribution in [2.75, 3.05) is 0 Å². The Morgan fingerprint density at radius 1 is 0.636 bits per heavy atom. The fourth-order valence-corrected chi connectivity index (χ4v) is 3.33. The third-order valence-electron chi connectivity index (χ3n) is 4.65. The fourth-order valence-electron chi connectivity index (χ4n) is 3.33. The Labute approximate surface area is 210 Å². The van der Waals surface area contributed by atoms with Crippen molar-refractivity contribution in [3.63, 3.8) is 0 Å². The standard InChI is InChI=1S/C15H12N.C10H8N2.C3H8.H2N.Pd/c16-10-15-13-7-3-1-5-11(13)9-12-6-2-4-8-14(12)15;1-3-7-11-9(5-1)10-6-2-4-8-12-10;1-3-2;;/h1-9,16H,10H2;1-8H;3H2,1-2H3;1H2;/q-1;;;-1;+2. The maximum absolute atomic E-state index is 7.71. The van der Waals surface area contributed by atoms with Crippen molar-refractivity contribution < 1.29 is 20.4 Å². The van der Waals surface area contributed by atoms with E-state index in [1.165, 1.54) is 28.0 Å². The number of fused-ring (bicyclic) bond motifs is 2. The average Bonchev–Trinajstić information content (AvgIpc) is 2.84. The Hall–Kier alpha value is -2.94. The third-order valence-corrected chi connectivity index (χ3v) is 4.65. The summed E-state index contributed by atoms with van der Waals surface area (Å²) >= 11 is 0. The quantitative estimate of drug-likeness (QED) is 0.169. The molecule has 0 amide bonds. The van der Waals surface area contributed by atoms with Gasteiger partial charge >= 0.3 is 20.4 Å². The van der Waals surface area contributed by atoms with Crippen molar-refractivity contribution in [1.29, 1.82) is 0 Å². The normalized spacial score (nSPS) is 9.42. The van der Waals surface area contributed by atoms with Gasteiger partial charge in [-0.15, -0.1) is 6.54 Å². The Kier molecular flexibility index (Phi) is 12.8. The minimum Gasteiger partial charge on any atom is -0.693 e. The van der Waals surface area contributed by atoms with Gasteiger partial charge in [0.1, 0.15) is 0 Å². The molecule has 0 radical (unpaired) electrons. The van der Waals surface area contributed by atoms with E-state index < -0.39 is 0 Å². The van der Waals surface area contributed by atoms with Crippen molar-refractivity contribution in [2.45, 2.75) is 26.8 Å². The predicted molar refractivity (Wildman–Crippen MR) is 138 cm³/mol. The fraction of sp³-hybridized carbons (Fsp3) is 0.143. The predicted octanol–water partition coefficient (Wildman–Crippen LogP) is 8.82. The SMILES string of the molecule is CCC.[NH-]Cc1c2ccccc2cc2ccccc12.[NH2-].[Pd+2].c1ccc(-c2ccccn2)nc1. The molecule has 33 heavy (non-hydrogen) atoms. The van der Waals surface area contributed by atoms with E-state index >= 15 is 0 Å². The van der Waals surface area contributed by atoms with Crippen LogP contribution in [0.3, 0.4) is 0 Å². The number of nitrogens with two attached hydrogens (primary N) is 1. The van der Waals surface area contributed by atoms with Gasteiger partial charge in [0.15, 0.2) is 0 Å². The molecule has 0 spiro atoms. The second-order valence-corrected chi connectivity index (χ2v) is 7.11. The number of nitrogens with zero attached hydrogens (tertiary/aromatic N) is 2. The zero-order valence-corrected chi connectivity index (χ0v) is 20.6. The third kappa shape index (κ3) is 7.56. The Balaban J connectivity index is 0.000000288. The molecule has 5 aromatic rings. The molecule has 0 aliphatic carbocycles. The minimum absolute atomic E-state index is 0. The monoisotopic (exact) mass is 528 g/mol. The molecule has 4 nitrogen and oxygen atoms in total. The van der Waals surface area contributed by atoms with Crippen LogP contribution < -0.4 is 0 Å². The van der Waals surface area contributed by atoms with E-state index in [9.17, 15) is 0 Å². The van der Waals surface area contributed by atoms with E-state index in [2.05, 4.69) is 54.1 Å². The summed E-state index contributed by atoms with van der Waals surface area (Å²) in [5, 5.41) is 4.86. The largest absolute Gasteiger partial charge is 2.00 e. The van der Waals surface area contributed by atoms with Gasteiger partial charge in [0.2, 0.25) is 0 Å². The topological polar surface area (TPSA) is 83.1 Å². The van der Waals surface area contributed by atoms with Gasteiger partial charge in [-0.2, -0.15) is 0 Å². The van der Waals surface area contributed by atoms with Crippen LogP contribution in [-0.2, 0) is 27.0 Å². The molecule has 0 fully saturated rings. The molecule has 0 atom stereocenters. The van der Waals surface area contributed by atoms with Crippen LogP contribution in [0, 0.1) is 0 Å². The van der Waals surface area contributed by atoms with E-state index in [-0.39, 0.29) is 26.6 Å². The van der Waals surface area contributed by atoms with Gasteiger partial charge in [0, 0.05) is 12.4 Å². The first-order valence-electron chi connectivity index (χ1n) is 10.6. The smallest absolute Gasteiger partial charge is 0.693 e. The average molecular weight is 529 g/mol. The molecule has 0 saturated heterocycles. The molecule has 172 valence electrons. The summed E-state index contributed by atoms with van der Waals surface area (Å²) in [6.45, 7) is 4.59. The number of pyridine rings is 2. The van der Waals surface area contributed by atoms with Crippen molar-refractivity contribution in [3.05, 3.63) is 121 Å². The molecule has 0 bridgehead atoms. The van der Waals surface area contributed by atoms with Crippen molar-refractivity contribution in [1.82, 2.24) is 9.97 Å². The van der Waals surface area contributed by atoms with E-state index in [0.717, 1.165) is 17.0 Å². The van der Waals surface area contributed by atoms with E-state index in [4.69, 9.17) is 5.73 Å². The van der Waals surface area contributed by atoms with Crippen LogP contribution in [0.5, 0.6) is 0 Å². The van der Waals surface area contributed by atoms with Gasteiger partial charge in [0.05, 0.1) is 11.4 Å². The molecule has 0 saturated carbocycles. The van der Waals surface area contributed by atoms with E-state index in [1.807, 2.05) is 60.7 Å². The van der Waals surface area contributed by atoms with Crippen LogP contribution in [0.4, 0.5) is 0 Å². The van der Waals surface area contributed by atoms with Gasteiger partial charge in [-0.3, -0.25) is 9.97 Å². The van der Waals surface area contributed by atoms with Crippen LogP contribution in [0.15, 0.2) is 103 Å². The van der Waals surface area contributed by atoms with Crippen LogP contribution in [0.2, 0.25) is 0 Å². The van der Waals surface area contributed by atoms with E-state index in [0.29, 0.717) is 6.54 Å². The Bertz CT molecular complexity index is 1120. The molecule has 3 N–H and O–H groups in total. The zero-order chi connectivity index (χ0) is 21.9. The molecular formula is C28H30N4Pd. The minimum atomic E-state index is 0. The van der Waals surface area contributed by atoms with Gasteiger partial charge in [-0.25, -0.2) is 0 Å².